The summed E-state index contributed by atoms with van der Waals surface area (Å²) in [5.41, 5.74) is 6.29. The van der Waals surface area contributed by atoms with E-state index in [-0.39, 0.29) is 5.41 Å². The number of methoxy groups -OCH3 is 1. The van der Waals surface area contributed by atoms with E-state index < -0.39 is 0 Å². The molecule has 18 heavy (non-hydrogen) atoms. The average molecular weight is 253 g/mol. The highest BCUT2D eigenvalue weighted by molar-refractivity contribution is 5.78. The quantitative estimate of drug-likeness (QED) is 0.605. The van der Waals surface area contributed by atoms with Crippen molar-refractivity contribution in [3.05, 3.63) is 0 Å². The van der Waals surface area contributed by atoms with E-state index in [2.05, 4.69) is 18.7 Å². The van der Waals surface area contributed by atoms with Gasteiger partial charge in [-0.05, 0) is 19.3 Å². The molecule has 2 N–H and O–H groups in total. The smallest absolute Gasteiger partial charge is 0.191 e. The molecule has 1 saturated heterocycles. The molecule has 2 atom stereocenters. The van der Waals surface area contributed by atoms with E-state index in [4.69, 9.17) is 15.5 Å². The van der Waals surface area contributed by atoms with Crippen LogP contribution in [-0.4, -0.2) is 43.2 Å². The van der Waals surface area contributed by atoms with Crippen molar-refractivity contribution in [2.75, 3.05) is 20.2 Å². The second kappa shape index (κ2) is 5.47. The zero-order valence-electron chi connectivity index (χ0n) is 12.0. The van der Waals surface area contributed by atoms with Crippen LogP contribution in [0.25, 0.3) is 0 Å². The van der Waals surface area contributed by atoms with E-state index in [1.807, 2.05) is 0 Å². The first kappa shape index (κ1) is 13.7. The summed E-state index contributed by atoms with van der Waals surface area (Å²) in [5.74, 6) is 0.740. The van der Waals surface area contributed by atoms with Crippen molar-refractivity contribution in [2.24, 2.45) is 16.1 Å². The van der Waals surface area contributed by atoms with Gasteiger partial charge in [0.15, 0.2) is 5.96 Å². The molecule has 4 nitrogen and oxygen atoms in total. The molecule has 2 rings (SSSR count). The molecule has 1 aliphatic carbocycles. The summed E-state index contributed by atoms with van der Waals surface area (Å²) in [5, 5.41) is 0. The van der Waals surface area contributed by atoms with Crippen molar-refractivity contribution < 1.29 is 4.74 Å². The first-order valence-corrected chi connectivity index (χ1v) is 7.16. The summed E-state index contributed by atoms with van der Waals surface area (Å²) in [7, 11) is 1.78. The third-order valence-corrected chi connectivity index (χ3v) is 4.63. The predicted octanol–water partition coefficient (Wildman–Crippen LogP) is 1.99. The summed E-state index contributed by atoms with van der Waals surface area (Å²) in [6.45, 7) is 6.56. The Morgan fingerprint density at radius 3 is 2.33 bits per heavy atom. The maximum Gasteiger partial charge on any atom is 0.191 e. The summed E-state index contributed by atoms with van der Waals surface area (Å²) >= 11 is 0. The molecule has 0 aromatic heterocycles. The molecule has 2 aliphatic rings. The van der Waals surface area contributed by atoms with Gasteiger partial charge in [0.25, 0.3) is 0 Å². The van der Waals surface area contributed by atoms with Gasteiger partial charge in [0.1, 0.15) is 0 Å². The summed E-state index contributed by atoms with van der Waals surface area (Å²) in [6.07, 6.45) is 6.45. The van der Waals surface area contributed by atoms with Crippen molar-refractivity contribution in [1.82, 2.24) is 4.90 Å². The van der Waals surface area contributed by atoms with Gasteiger partial charge in [-0.15, -0.1) is 0 Å². The van der Waals surface area contributed by atoms with Gasteiger partial charge in [0.05, 0.1) is 12.1 Å². The number of ether oxygens (including phenoxy) is 1. The average Bonchev–Trinajstić information content (AvgIpc) is 2.62. The monoisotopic (exact) mass is 253 g/mol. The van der Waals surface area contributed by atoms with E-state index in [1.54, 1.807) is 7.11 Å². The molecular weight excluding hydrogens is 226 g/mol. The number of nitrogens with zero attached hydrogens (tertiary/aromatic N) is 2. The number of hydrogen-bond donors (Lipinski definition) is 1. The minimum Gasteiger partial charge on any atom is -0.381 e. The normalized spacial score (nSPS) is 32.8. The molecule has 2 unspecified atom stereocenters. The molecule has 0 amide bonds. The molecule has 1 saturated carbocycles. The van der Waals surface area contributed by atoms with Crippen LogP contribution in [0.2, 0.25) is 0 Å². The second-order valence-electron chi connectivity index (χ2n) is 6.19. The van der Waals surface area contributed by atoms with Crippen molar-refractivity contribution >= 4 is 5.96 Å². The minimum atomic E-state index is 0.116. The number of aliphatic imine (C=N–C) groups is 1. The summed E-state index contributed by atoms with van der Waals surface area (Å²) < 4.78 is 5.46. The molecule has 0 aromatic rings. The molecule has 104 valence electrons. The highest BCUT2D eigenvalue weighted by Gasteiger charge is 2.48. The number of likely N-dealkylation sites (tertiary alicyclic amines) is 1. The molecule has 1 heterocycles. The first-order valence-electron chi connectivity index (χ1n) is 7.16. The summed E-state index contributed by atoms with van der Waals surface area (Å²) in [6, 6.07) is 0.311. The topological polar surface area (TPSA) is 50.9 Å². The van der Waals surface area contributed by atoms with E-state index in [0.717, 1.165) is 25.5 Å². The lowest BCUT2D eigenvalue weighted by atomic mass is 9.65. The van der Waals surface area contributed by atoms with Crippen LogP contribution < -0.4 is 5.73 Å². The van der Waals surface area contributed by atoms with Crippen LogP contribution in [0.1, 0.15) is 46.0 Å². The van der Waals surface area contributed by atoms with Crippen LogP contribution in [-0.2, 0) is 4.74 Å². The molecule has 2 fully saturated rings. The number of nitrogens with two attached hydrogens (primary N) is 1. The largest absolute Gasteiger partial charge is 0.381 e. The third-order valence-electron chi connectivity index (χ3n) is 4.63. The van der Waals surface area contributed by atoms with E-state index in [0.29, 0.717) is 12.1 Å². The van der Waals surface area contributed by atoms with Crippen molar-refractivity contribution in [3.63, 3.8) is 0 Å². The Labute approximate surface area is 111 Å². The lowest BCUT2D eigenvalue weighted by Crippen LogP contribution is -2.54. The SMILES string of the molecule is COC1CC(N=C(N)N2CCCCCC2)C1(C)C. The maximum atomic E-state index is 6.17. The van der Waals surface area contributed by atoms with Gasteiger partial charge in [-0.1, -0.05) is 26.7 Å². The van der Waals surface area contributed by atoms with Gasteiger partial charge in [0.2, 0.25) is 0 Å². The Hall–Kier alpha value is -0.770. The van der Waals surface area contributed by atoms with Gasteiger partial charge in [-0.3, -0.25) is 0 Å². The third kappa shape index (κ3) is 2.63. The molecule has 0 radical (unpaired) electrons. The van der Waals surface area contributed by atoms with Crippen LogP contribution in [0, 0.1) is 5.41 Å². The van der Waals surface area contributed by atoms with Crippen molar-refractivity contribution in [1.29, 1.82) is 0 Å². The molecule has 0 aromatic carbocycles. The lowest BCUT2D eigenvalue weighted by molar-refractivity contribution is -0.0853. The molecule has 0 bridgehead atoms. The fraction of sp³-hybridized carbons (Fsp3) is 0.929. The number of rotatable bonds is 2. The molecule has 4 heteroatoms. The Balaban J connectivity index is 1.96. The van der Waals surface area contributed by atoms with Crippen LogP contribution >= 0.6 is 0 Å². The highest BCUT2D eigenvalue weighted by Crippen LogP contribution is 2.44. The zero-order chi connectivity index (χ0) is 13.2. The van der Waals surface area contributed by atoms with Crippen molar-refractivity contribution in [2.45, 2.75) is 58.1 Å². The van der Waals surface area contributed by atoms with Gasteiger partial charge >= 0.3 is 0 Å². The van der Waals surface area contributed by atoms with Crippen LogP contribution in [0.3, 0.4) is 0 Å². The lowest BCUT2D eigenvalue weighted by Gasteiger charge is -2.49. The number of guanidine groups is 1. The highest BCUT2D eigenvalue weighted by atomic mass is 16.5. The van der Waals surface area contributed by atoms with Crippen LogP contribution in [0.5, 0.6) is 0 Å². The first-order chi connectivity index (χ1) is 8.55. The van der Waals surface area contributed by atoms with Gasteiger partial charge in [-0.25, -0.2) is 4.99 Å². The molecule has 0 spiro atoms. The van der Waals surface area contributed by atoms with Crippen molar-refractivity contribution in [3.8, 4) is 0 Å². The fourth-order valence-corrected chi connectivity index (χ4v) is 3.02. The van der Waals surface area contributed by atoms with Crippen LogP contribution in [0.4, 0.5) is 0 Å². The standard InChI is InChI=1S/C14H27N3O/c1-14(2)11(10-12(14)18-3)16-13(15)17-8-6-4-5-7-9-17/h11-12H,4-10H2,1-3H3,(H2,15,16). The second-order valence-corrected chi connectivity index (χ2v) is 6.19. The van der Waals surface area contributed by atoms with Gasteiger partial charge in [-0.2, -0.15) is 0 Å². The van der Waals surface area contributed by atoms with Gasteiger partial charge in [0, 0.05) is 25.6 Å². The Kier molecular flexibility index (Phi) is 4.15. The van der Waals surface area contributed by atoms with E-state index >= 15 is 0 Å². The summed E-state index contributed by atoms with van der Waals surface area (Å²) in [4.78, 5) is 6.99. The zero-order valence-corrected chi connectivity index (χ0v) is 12.0. The van der Waals surface area contributed by atoms with Gasteiger partial charge < -0.3 is 15.4 Å². The Bertz CT molecular complexity index is 306. The number of hydrogen-bond acceptors (Lipinski definition) is 2. The maximum absolute atomic E-state index is 6.17. The Morgan fingerprint density at radius 1 is 1.22 bits per heavy atom. The minimum absolute atomic E-state index is 0.116. The fourth-order valence-electron chi connectivity index (χ4n) is 3.02. The van der Waals surface area contributed by atoms with Crippen LogP contribution in [0.15, 0.2) is 4.99 Å². The molecule has 1 aliphatic heterocycles. The molecular formula is C14H27N3O. The van der Waals surface area contributed by atoms with E-state index in [1.165, 1.54) is 25.7 Å². The predicted molar refractivity (Wildman–Crippen MR) is 74.6 cm³/mol. The van der Waals surface area contributed by atoms with E-state index in [9.17, 15) is 0 Å². The Morgan fingerprint density at radius 2 is 1.83 bits per heavy atom.